The normalized spacial score (nSPS) is 11.0. The van der Waals surface area contributed by atoms with Gasteiger partial charge in [-0.25, -0.2) is 0 Å². The van der Waals surface area contributed by atoms with Crippen LogP contribution < -0.4 is 0 Å². The molecule has 0 N–H and O–H groups in total. The van der Waals surface area contributed by atoms with Crippen molar-refractivity contribution in [2.24, 2.45) is 0 Å². The van der Waals surface area contributed by atoms with Gasteiger partial charge in [-0.3, -0.25) is 0 Å². The third-order valence-electron chi connectivity index (χ3n) is 3.03. The molecule has 0 saturated heterocycles. The molecule has 5 heteroatoms. The lowest BCUT2D eigenvalue weighted by Crippen LogP contribution is -1.77. The predicted octanol–water partition coefficient (Wildman–Crippen LogP) is 4.48. The number of fused-ring (bicyclic) bond motifs is 1. The molecule has 96 valence electrons. The first-order chi connectivity index (χ1) is 9.92. The molecule has 0 atom stereocenters. The zero-order valence-electron chi connectivity index (χ0n) is 10.4. The minimum atomic E-state index is 0.876. The zero-order chi connectivity index (χ0) is 13.4. The van der Waals surface area contributed by atoms with Gasteiger partial charge in [0.25, 0.3) is 0 Å². The number of rotatable bonds is 2. The van der Waals surface area contributed by atoms with Crippen molar-refractivity contribution in [1.29, 1.82) is 0 Å². The predicted molar refractivity (Wildman–Crippen MR) is 84.0 cm³/mol. The molecular formula is C15H9N3S2. The molecule has 0 aliphatic heterocycles. The lowest BCUT2D eigenvalue weighted by atomic mass is 10.2. The monoisotopic (exact) mass is 295 g/mol. The lowest BCUT2D eigenvalue weighted by molar-refractivity contribution is 1.10. The van der Waals surface area contributed by atoms with E-state index in [9.17, 15) is 0 Å². The Balaban J connectivity index is 1.82. The summed E-state index contributed by atoms with van der Waals surface area (Å²) in [6.07, 6.45) is 0. The summed E-state index contributed by atoms with van der Waals surface area (Å²) in [7, 11) is 0. The van der Waals surface area contributed by atoms with Gasteiger partial charge in [0.2, 0.25) is 0 Å². The molecule has 0 unspecified atom stereocenters. The highest BCUT2D eigenvalue weighted by Gasteiger charge is 2.13. The summed E-state index contributed by atoms with van der Waals surface area (Å²) in [6.45, 7) is 0. The highest BCUT2D eigenvalue weighted by atomic mass is 32.1. The van der Waals surface area contributed by atoms with E-state index in [1.54, 1.807) is 11.3 Å². The Morgan fingerprint density at radius 1 is 0.750 bits per heavy atom. The Hall–Kier alpha value is -2.11. The van der Waals surface area contributed by atoms with Crippen LogP contribution in [0.5, 0.6) is 0 Å². The fraction of sp³-hybridized carbons (Fsp3) is 0. The van der Waals surface area contributed by atoms with Crippen molar-refractivity contribution >= 4 is 33.0 Å². The second-order valence-electron chi connectivity index (χ2n) is 4.31. The van der Waals surface area contributed by atoms with Gasteiger partial charge in [0, 0.05) is 10.9 Å². The maximum atomic E-state index is 4.52. The summed E-state index contributed by atoms with van der Waals surface area (Å²) >= 11 is 3.08. The van der Waals surface area contributed by atoms with Crippen LogP contribution in [0.2, 0.25) is 0 Å². The largest absolute Gasteiger partial charge is 0.189 e. The molecule has 2 aromatic heterocycles. The topological polar surface area (TPSA) is 38.7 Å². The number of benzene rings is 2. The molecule has 3 nitrogen and oxygen atoms in total. The molecule has 0 saturated carbocycles. The van der Waals surface area contributed by atoms with Crippen molar-refractivity contribution in [2.45, 2.75) is 0 Å². The minimum absolute atomic E-state index is 0.876. The van der Waals surface area contributed by atoms with Crippen LogP contribution in [-0.2, 0) is 0 Å². The highest BCUT2D eigenvalue weighted by molar-refractivity contribution is 7.18. The van der Waals surface area contributed by atoms with Crippen molar-refractivity contribution in [3.63, 3.8) is 0 Å². The zero-order valence-corrected chi connectivity index (χ0v) is 12.0. The molecule has 0 aliphatic rings. The summed E-state index contributed by atoms with van der Waals surface area (Å²) in [5.74, 6) is 0. The maximum Gasteiger partial charge on any atom is 0.168 e. The molecule has 4 aromatic rings. The van der Waals surface area contributed by atoms with E-state index in [1.807, 2.05) is 42.5 Å². The van der Waals surface area contributed by atoms with Crippen molar-refractivity contribution in [2.75, 3.05) is 0 Å². The maximum absolute atomic E-state index is 4.52. The van der Waals surface area contributed by atoms with Gasteiger partial charge >= 0.3 is 0 Å². The number of hydrogen-bond donors (Lipinski definition) is 0. The number of nitrogens with zero attached hydrogens (tertiary/aromatic N) is 3. The first-order valence-corrected chi connectivity index (χ1v) is 7.74. The van der Waals surface area contributed by atoms with Crippen molar-refractivity contribution < 1.29 is 0 Å². The molecule has 0 aliphatic carbocycles. The standard InChI is InChI=1S/C15H9N3S2/c1-2-6-10(7-3-1)14-16-17-15(19-14)13-11-8-4-5-9-12(11)20-18-13/h1-9H. The van der Waals surface area contributed by atoms with Gasteiger partial charge < -0.3 is 0 Å². The number of hydrogen-bond acceptors (Lipinski definition) is 5. The van der Waals surface area contributed by atoms with E-state index in [1.165, 1.54) is 16.2 Å². The van der Waals surface area contributed by atoms with Gasteiger partial charge in [0.1, 0.15) is 10.7 Å². The summed E-state index contributed by atoms with van der Waals surface area (Å²) in [5.41, 5.74) is 2.03. The first kappa shape index (κ1) is 11.7. The first-order valence-electron chi connectivity index (χ1n) is 6.15. The average Bonchev–Trinajstić information content (AvgIpc) is 3.14. The van der Waals surface area contributed by atoms with Crippen LogP contribution in [0.4, 0.5) is 0 Å². The van der Waals surface area contributed by atoms with Crippen LogP contribution in [0.3, 0.4) is 0 Å². The van der Waals surface area contributed by atoms with Gasteiger partial charge in [0.15, 0.2) is 5.01 Å². The van der Waals surface area contributed by atoms with Crippen LogP contribution in [0, 0.1) is 0 Å². The van der Waals surface area contributed by atoms with Crippen molar-refractivity contribution in [3.8, 4) is 21.3 Å². The van der Waals surface area contributed by atoms with Crippen molar-refractivity contribution in [1.82, 2.24) is 14.6 Å². The smallest absolute Gasteiger partial charge is 0.168 e. The summed E-state index contributed by atoms with van der Waals surface area (Å²) in [6, 6.07) is 18.3. The van der Waals surface area contributed by atoms with E-state index in [2.05, 4.69) is 26.7 Å². The Morgan fingerprint density at radius 3 is 2.40 bits per heavy atom. The van der Waals surface area contributed by atoms with E-state index >= 15 is 0 Å². The van der Waals surface area contributed by atoms with Gasteiger partial charge in [0.05, 0.1) is 4.70 Å². The summed E-state index contributed by atoms with van der Waals surface area (Å²) in [4.78, 5) is 0. The Bertz CT molecular complexity index is 865. The van der Waals surface area contributed by atoms with Gasteiger partial charge in [-0.1, -0.05) is 59.9 Å². The SMILES string of the molecule is c1ccc(-c2nnc(-c3nsc4ccccc34)s2)cc1. The fourth-order valence-electron chi connectivity index (χ4n) is 2.06. The molecule has 0 fully saturated rings. The molecule has 4 rings (SSSR count). The van der Waals surface area contributed by atoms with E-state index in [-0.39, 0.29) is 0 Å². The van der Waals surface area contributed by atoms with E-state index < -0.39 is 0 Å². The molecule has 0 radical (unpaired) electrons. The second-order valence-corrected chi connectivity index (χ2v) is 6.09. The second kappa shape index (κ2) is 4.77. The molecule has 2 aromatic carbocycles. The Morgan fingerprint density at radius 2 is 1.50 bits per heavy atom. The highest BCUT2D eigenvalue weighted by Crippen LogP contribution is 2.34. The van der Waals surface area contributed by atoms with Crippen molar-refractivity contribution in [3.05, 3.63) is 54.6 Å². The minimum Gasteiger partial charge on any atom is -0.189 e. The van der Waals surface area contributed by atoms with E-state index in [0.29, 0.717) is 0 Å². The summed E-state index contributed by atoms with van der Waals surface area (Å²) < 4.78 is 5.70. The molecule has 0 amide bonds. The van der Waals surface area contributed by atoms with Gasteiger partial charge in [-0.2, -0.15) is 4.37 Å². The molecule has 2 heterocycles. The third kappa shape index (κ3) is 1.92. The van der Waals surface area contributed by atoms with Gasteiger partial charge in [-0.05, 0) is 17.6 Å². The molecular weight excluding hydrogens is 286 g/mol. The quantitative estimate of drug-likeness (QED) is 0.547. The fourth-order valence-corrected chi connectivity index (χ4v) is 3.74. The summed E-state index contributed by atoms with van der Waals surface area (Å²) in [5, 5.41) is 11.5. The molecule has 20 heavy (non-hydrogen) atoms. The Labute approximate surface area is 123 Å². The van der Waals surface area contributed by atoms with Crippen LogP contribution in [0.15, 0.2) is 54.6 Å². The average molecular weight is 295 g/mol. The molecule has 0 bridgehead atoms. The Kier molecular flexibility index (Phi) is 2.79. The van der Waals surface area contributed by atoms with Crippen LogP contribution in [0.1, 0.15) is 0 Å². The van der Waals surface area contributed by atoms with Crippen LogP contribution in [-0.4, -0.2) is 14.6 Å². The van der Waals surface area contributed by atoms with Crippen LogP contribution >= 0.6 is 22.9 Å². The van der Waals surface area contributed by atoms with Crippen LogP contribution in [0.25, 0.3) is 31.4 Å². The number of aromatic nitrogens is 3. The van der Waals surface area contributed by atoms with Gasteiger partial charge in [-0.15, -0.1) is 10.2 Å². The molecule has 0 spiro atoms. The van der Waals surface area contributed by atoms with E-state index in [0.717, 1.165) is 26.7 Å². The van der Waals surface area contributed by atoms with E-state index in [4.69, 9.17) is 0 Å². The third-order valence-corrected chi connectivity index (χ3v) is 4.83. The lowest BCUT2D eigenvalue weighted by Gasteiger charge is -1.92.